The van der Waals surface area contributed by atoms with E-state index in [0.29, 0.717) is 29.0 Å². The quantitative estimate of drug-likeness (QED) is 0.463. The minimum Gasteiger partial charge on any atom is -0.492 e. The molecule has 0 saturated carbocycles. The Morgan fingerprint density at radius 3 is 2.71 bits per heavy atom. The third-order valence-electron chi connectivity index (χ3n) is 4.11. The SMILES string of the molecule is CC(C)COc1ccc(/C=C2/SC(=O)N(CC(=O)Nc3cccc(Cl)c3)C2=O)cc1Br. The number of rotatable bonds is 7. The van der Waals surface area contributed by atoms with Gasteiger partial charge in [0.25, 0.3) is 11.1 Å². The first-order chi connectivity index (χ1) is 14.7. The highest BCUT2D eigenvalue weighted by Crippen LogP contribution is 2.34. The number of nitrogens with zero attached hydrogens (tertiary/aromatic N) is 1. The number of thioether (sulfide) groups is 1. The van der Waals surface area contributed by atoms with Gasteiger partial charge in [-0.25, -0.2) is 0 Å². The van der Waals surface area contributed by atoms with Crippen LogP contribution in [0.25, 0.3) is 6.08 Å². The number of amides is 3. The van der Waals surface area contributed by atoms with E-state index in [1.165, 1.54) is 0 Å². The molecule has 31 heavy (non-hydrogen) atoms. The molecule has 1 aliphatic heterocycles. The molecule has 3 amide bonds. The highest BCUT2D eigenvalue weighted by Gasteiger charge is 2.36. The van der Waals surface area contributed by atoms with E-state index in [0.717, 1.165) is 26.7 Å². The average Bonchev–Trinajstić information content (AvgIpc) is 2.94. The monoisotopic (exact) mass is 522 g/mol. The molecule has 0 bridgehead atoms. The number of carbonyl (C=O) groups is 3. The summed E-state index contributed by atoms with van der Waals surface area (Å²) in [4.78, 5) is 38.4. The van der Waals surface area contributed by atoms with Crippen LogP contribution in [0.4, 0.5) is 10.5 Å². The lowest BCUT2D eigenvalue weighted by molar-refractivity contribution is -0.127. The number of imide groups is 1. The molecule has 0 radical (unpaired) electrons. The Bertz CT molecular complexity index is 1060. The summed E-state index contributed by atoms with van der Waals surface area (Å²) in [7, 11) is 0. The zero-order chi connectivity index (χ0) is 22.5. The fraction of sp³-hybridized carbons (Fsp3) is 0.227. The van der Waals surface area contributed by atoms with Gasteiger partial charge in [0.05, 0.1) is 16.0 Å². The summed E-state index contributed by atoms with van der Waals surface area (Å²) in [5.41, 5.74) is 1.22. The van der Waals surface area contributed by atoms with Crippen molar-refractivity contribution in [2.75, 3.05) is 18.5 Å². The number of anilines is 1. The molecule has 9 heteroatoms. The van der Waals surface area contributed by atoms with Crippen LogP contribution in [-0.4, -0.2) is 35.1 Å². The maximum absolute atomic E-state index is 12.7. The van der Waals surface area contributed by atoms with Crippen LogP contribution < -0.4 is 10.1 Å². The number of benzene rings is 2. The van der Waals surface area contributed by atoms with E-state index in [4.69, 9.17) is 16.3 Å². The van der Waals surface area contributed by atoms with E-state index in [1.807, 2.05) is 6.07 Å². The first-order valence-corrected chi connectivity index (χ1v) is 11.4. The number of carbonyl (C=O) groups excluding carboxylic acids is 3. The highest BCUT2D eigenvalue weighted by atomic mass is 79.9. The summed E-state index contributed by atoms with van der Waals surface area (Å²) < 4.78 is 6.48. The van der Waals surface area contributed by atoms with Crippen LogP contribution >= 0.6 is 39.3 Å². The van der Waals surface area contributed by atoms with Gasteiger partial charge in [0.2, 0.25) is 5.91 Å². The average molecular weight is 524 g/mol. The third kappa shape index (κ3) is 6.35. The summed E-state index contributed by atoms with van der Waals surface area (Å²) in [6, 6.07) is 12.1. The lowest BCUT2D eigenvalue weighted by atomic mass is 10.2. The fourth-order valence-electron chi connectivity index (χ4n) is 2.68. The van der Waals surface area contributed by atoms with E-state index < -0.39 is 17.1 Å². The molecule has 0 spiro atoms. The smallest absolute Gasteiger partial charge is 0.294 e. The molecule has 6 nitrogen and oxygen atoms in total. The van der Waals surface area contributed by atoms with Gasteiger partial charge in [0.1, 0.15) is 12.3 Å². The van der Waals surface area contributed by atoms with Crippen molar-refractivity contribution in [2.45, 2.75) is 13.8 Å². The minimum absolute atomic E-state index is 0.253. The van der Waals surface area contributed by atoms with Gasteiger partial charge in [-0.05, 0) is 75.6 Å². The highest BCUT2D eigenvalue weighted by molar-refractivity contribution is 9.10. The molecule has 0 aliphatic carbocycles. The van der Waals surface area contributed by atoms with Gasteiger partial charge >= 0.3 is 0 Å². The maximum Gasteiger partial charge on any atom is 0.294 e. The second kappa shape index (κ2) is 10.3. The molecule has 1 fully saturated rings. The van der Waals surface area contributed by atoms with Crippen molar-refractivity contribution in [2.24, 2.45) is 5.92 Å². The summed E-state index contributed by atoms with van der Waals surface area (Å²) >= 11 is 10.2. The molecular weight excluding hydrogens is 504 g/mol. The van der Waals surface area contributed by atoms with E-state index in [9.17, 15) is 14.4 Å². The summed E-state index contributed by atoms with van der Waals surface area (Å²) in [5.74, 6) is 0.110. The first kappa shape index (κ1) is 23.4. The zero-order valence-corrected chi connectivity index (χ0v) is 20.0. The summed E-state index contributed by atoms with van der Waals surface area (Å²) in [6.07, 6.45) is 1.62. The van der Waals surface area contributed by atoms with E-state index in [2.05, 4.69) is 35.1 Å². The van der Waals surface area contributed by atoms with Gasteiger partial charge in [-0.2, -0.15) is 0 Å². The summed E-state index contributed by atoms with van der Waals surface area (Å²) in [5, 5.41) is 2.61. The second-order valence-electron chi connectivity index (χ2n) is 7.22. The van der Waals surface area contributed by atoms with Crippen LogP contribution in [-0.2, 0) is 9.59 Å². The first-order valence-electron chi connectivity index (χ1n) is 9.46. The van der Waals surface area contributed by atoms with Crippen LogP contribution in [0.1, 0.15) is 19.4 Å². The molecule has 3 rings (SSSR count). The van der Waals surface area contributed by atoms with Crippen molar-refractivity contribution in [3.8, 4) is 5.75 Å². The predicted molar refractivity (Wildman–Crippen MR) is 127 cm³/mol. The Morgan fingerprint density at radius 1 is 1.26 bits per heavy atom. The van der Waals surface area contributed by atoms with E-state index >= 15 is 0 Å². The van der Waals surface area contributed by atoms with Crippen LogP contribution in [0, 0.1) is 5.92 Å². The molecule has 0 atom stereocenters. The molecular formula is C22H20BrClN2O4S. The zero-order valence-electron chi connectivity index (χ0n) is 16.9. The number of hydrogen-bond donors (Lipinski definition) is 1. The van der Waals surface area contributed by atoms with Crippen LogP contribution in [0.2, 0.25) is 5.02 Å². The van der Waals surface area contributed by atoms with Crippen LogP contribution in [0.15, 0.2) is 51.8 Å². The molecule has 1 saturated heterocycles. The standard InChI is InChI=1S/C22H20BrClN2O4S/c1-13(2)12-30-18-7-6-14(8-17(18)23)9-19-21(28)26(22(29)31-19)11-20(27)25-16-5-3-4-15(24)10-16/h3-10,13H,11-12H2,1-2H3,(H,25,27)/b19-9+. The minimum atomic E-state index is -0.507. The maximum atomic E-state index is 12.7. The van der Waals surface area contributed by atoms with Crippen LogP contribution in [0.3, 0.4) is 0 Å². The lowest BCUT2D eigenvalue weighted by Gasteiger charge is -2.12. The Hall–Kier alpha value is -2.29. The van der Waals surface area contributed by atoms with Crippen LogP contribution in [0.5, 0.6) is 5.75 Å². The third-order valence-corrected chi connectivity index (χ3v) is 5.87. The predicted octanol–water partition coefficient (Wildman–Crippen LogP) is 5.81. The Kier molecular flexibility index (Phi) is 7.80. The molecule has 2 aromatic rings. The molecule has 1 N–H and O–H groups in total. The van der Waals surface area contributed by atoms with Gasteiger partial charge in [-0.1, -0.05) is 37.6 Å². The normalized spacial score (nSPS) is 15.1. The van der Waals surface area contributed by atoms with Crippen molar-refractivity contribution < 1.29 is 19.1 Å². The van der Waals surface area contributed by atoms with Gasteiger partial charge in [-0.15, -0.1) is 0 Å². The van der Waals surface area contributed by atoms with Crippen molar-refractivity contribution in [1.29, 1.82) is 0 Å². The molecule has 2 aromatic carbocycles. The number of nitrogens with one attached hydrogen (secondary N) is 1. The van der Waals surface area contributed by atoms with Gasteiger partial charge in [0.15, 0.2) is 0 Å². The Morgan fingerprint density at radius 2 is 2.03 bits per heavy atom. The van der Waals surface area contributed by atoms with Crippen molar-refractivity contribution in [3.05, 3.63) is 62.4 Å². The molecule has 0 unspecified atom stereocenters. The van der Waals surface area contributed by atoms with Gasteiger partial charge in [0, 0.05) is 10.7 Å². The van der Waals surface area contributed by atoms with Gasteiger partial charge < -0.3 is 10.1 Å². The molecule has 0 aromatic heterocycles. The van der Waals surface area contributed by atoms with E-state index in [-0.39, 0.29) is 11.4 Å². The topological polar surface area (TPSA) is 75.7 Å². The second-order valence-corrected chi connectivity index (χ2v) is 9.51. The largest absolute Gasteiger partial charge is 0.492 e. The molecule has 162 valence electrons. The lowest BCUT2D eigenvalue weighted by Crippen LogP contribution is -2.36. The molecule has 1 aliphatic rings. The Labute approximate surface area is 198 Å². The van der Waals surface area contributed by atoms with Crippen molar-refractivity contribution in [3.63, 3.8) is 0 Å². The number of halogens is 2. The van der Waals surface area contributed by atoms with E-state index in [1.54, 1.807) is 42.5 Å². The fourth-order valence-corrected chi connectivity index (χ4v) is 4.22. The van der Waals surface area contributed by atoms with Crippen molar-refractivity contribution >= 4 is 68.1 Å². The van der Waals surface area contributed by atoms with Gasteiger partial charge in [-0.3, -0.25) is 19.3 Å². The summed E-state index contributed by atoms with van der Waals surface area (Å²) in [6.45, 7) is 4.34. The Balaban J connectivity index is 1.67. The van der Waals surface area contributed by atoms with Crippen molar-refractivity contribution in [1.82, 2.24) is 4.90 Å². The number of ether oxygens (including phenoxy) is 1. The number of hydrogen-bond acceptors (Lipinski definition) is 5. The molecule has 1 heterocycles.